The number of benzene rings is 1. The maximum absolute atomic E-state index is 11.1. The Kier molecular flexibility index (Phi) is 4.03. The first-order valence-electron chi connectivity index (χ1n) is 5.72. The second kappa shape index (κ2) is 5.81. The average Bonchev–Trinajstić information content (AvgIpc) is 2.82. The molecular formula is C13H7Cl2N3OS2. The number of amides is 1. The summed E-state index contributed by atoms with van der Waals surface area (Å²) in [6.45, 7) is 0. The topological polar surface area (TPSA) is 68.9 Å². The van der Waals surface area contributed by atoms with Gasteiger partial charge in [0.15, 0.2) is 4.34 Å². The van der Waals surface area contributed by atoms with Crippen molar-refractivity contribution in [1.29, 1.82) is 0 Å². The lowest BCUT2D eigenvalue weighted by Crippen LogP contribution is -2.11. The monoisotopic (exact) mass is 355 g/mol. The van der Waals surface area contributed by atoms with Crippen molar-refractivity contribution in [2.24, 2.45) is 5.73 Å². The molecule has 1 aromatic carbocycles. The number of carbonyl (C=O) groups excluding carboxylic acids is 1. The third-order valence-electron chi connectivity index (χ3n) is 2.61. The van der Waals surface area contributed by atoms with E-state index in [4.69, 9.17) is 28.9 Å². The van der Waals surface area contributed by atoms with Crippen molar-refractivity contribution in [3.05, 3.63) is 46.1 Å². The standard InChI is InChI=1S/C13H7Cl2N3OS2/c14-7-1-2-10-9(4-7)18-13(20-10)21-12-8(15)3-6(5-17-12)11(16)19/h1-5H,(H2,16,19). The number of hydrogen-bond donors (Lipinski definition) is 1. The summed E-state index contributed by atoms with van der Waals surface area (Å²) in [5, 5.41) is 1.59. The van der Waals surface area contributed by atoms with Crippen molar-refractivity contribution in [2.75, 3.05) is 0 Å². The van der Waals surface area contributed by atoms with Crippen LogP contribution in [-0.4, -0.2) is 15.9 Å². The Morgan fingerprint density at radius 2 is 2.10 bits per heavy atom. The van der Waals surface area contributed by atoms with Gasteiger partial charge in [0, 0.05) is 11.2 Å². The predicted molar refractivity (Wildman–Crippen MR) is 86.5 cm³/mol. The molecule has 0 saturated heterocycles. The Labute approximate surface area is 138 Å². The highest BCUT2D eigenvalue weighted by Crippen LogP contribution is 2.37. The van der Waals surface area contributed by atoms with Crippen molar-refractivity contribution >= 4 is 62.4 Å². The summed E-state index contributed by atoms with van der Waals surface area (Å²) < 4.78 is 1.83. The molecule has 0 radical (unpaired) electrons. The van der Waals surface area contributed by atoms with E-state index < -0.39 is 5.91 Å². The van der Waals surface area contributed by atoms with Gasteiger partial charge in [0.05, 0.1) is 20.8 Å². The molecule has 0 bridgehead atoms. The Bertz CT molecular complexity index is 851. The fraction of sp³-hybridized carbons (Fsp3) is 0. The van der Waals surface area contributed by atoms with Gasteiger partial charge in [-0.2, -0.15) is 0 Å². The first kappa shape index (κ1) is 14.6. The van der Waals surface area contributed by atoms with Gasteiger partial charge in [0.25, 0.3) is 0 Å². The van der Waals surface area contributed by atoms with Crippen LogP contribution in [0.4, 0.5) is 0 Å². The molecule has 3 rings (SSSR count). The molecule has 106 valence electrons. The number of nitrogens with zero attached hydrogens (tertiary/aromatic N) is 2. The first-order chi connectivity index (χ1) is 10.0. The summed E-state index contributed by atoms with van der Waals surface area (Å²) in [6, 6.07) is 7.06. The number of aromatic nitrogens is 2. The van der Waals surface area contributed by atoms with Gasteiger partial charge in [0.2, 0.25) is 5.91 Å². The summed E-state index contributed by atoms with van der Waals surface area (Å²) in [5.74, 6) is -0.560. The van der Waals surface area contributed by atoms with Crippen molar-refractivity contribution in [3.63, 3.8) is 0 Å². The minimum Gasteiger partial charge on any atom is -0.366 e. The molecule has 0 saturated carbocycles. The smallest absolute Gasteiger partial charge is 0.250 e. The van der Waals surface area contributed by atoms with Crippen LogP contribution >= 0.6 is 46.3 Å². The van der Waals surface area contributed by atoms with Gasteiger partial charge in [-0.1, -0.05) is 23.2 Å². The van der Waals surface area contributed by atoms with Gasteiger partial charge in [-0.15, -0.1) is 11.3 Å². The van der Waals surface area contributed by atoms with Crippen LogP contribution in [0.25, 0.3) is 10.2 Å². The molecule has 0 fully saturated rings. The summed E-state index contributed by atoms with van der Waals surface area (Å²) in [5.41, 5.74) is 6.29. The summed E-state index contributed by atoms with van der Waals surface area (Å²) in [4.78, 5) is 19.7. The number of nitrogens with two attached hydrogens (primary N) is 1. The number of rotatable bonds is 3. The van der Waals surface area contributed by atoms with Crippen LogP contribution in [0.5, 0.6) is 0 Å². The van der Waals surface area contributed by atoms with Crippen molar-refractivity contribution in [3.8, 4) is 0 Å². The number of primary amides is 1. The highest BCUT2D eigenvalue weighted by Gasteiger charge is 2.12. The van der Waals surface area contributed by atoms with E-state index in [0.717, 1.165) is 14.6 Å². The van der Waals surface area contributed by atoms with Gasteiger partial charge in [-0.3, -0.25) is 4.79 Å². The minimum atomic E-state index is -0.560. The SMILES string of the molecule is NC(=O)c1cnc(Sc2nc3cc(Cl)ccc3s2)c(Cl)c1. The van der Waals surface area contributed by atoms with Crippen LogP contribution < -0.4 is 5.73 Å². The van der Waals surface area contributed by atoms with E-state index in [1.165, 1.54) is 35.4 Å². The number of fused-ring (bicyclic) bond motifs is 1. The highest BCUT2D eigenvalue weighted by molar-refractivity contribution is 8.01. The Morgan fingerprint density at radius 1 is 1.29 bits per heavy atom. The van der Waals surface area contributed by atoms with Crippen LogP contribution in [0.15, 0.2) is 39.8 Å². The molecule has 0 aliphatic rings. The molecule has 0 aliphatic heterocycles. The molecule has 0 atom stereocenters. The van der Waals surface area contributed by atoms with Gasteiger partial charge in [0.1, 0.15) is 5.03 Å². The highest BCUT2D eigenvalue weighted by atomic mass is 35.5. The molecule has 2 N–H and O–H groups in total. The van der Waals surface area contributed by atoms with Gasteiger partial charge < -0.3 is 5.73 Å². The van der Waals surface area contributed by atoms with E-state index >= 15 is 0 Å². The minimum absolute atomic E-state index is 0.278. The maximum Gasteiger partial charge on any atom is 0.250 e. The molecule has 3 aromatic rings. The molecule has 2 heterocycles. The Hall–Kier alpha value is -1.34. The van der Waals surface area contributed by atoms with Crippen LogP contribution in [-0.2, 0) is 0 Å². The molecule has 4 nitrogen and oxygen atoms in total. The number of halogens is 2. The normalized spacial score (nSPS) is 11.0. The molecule has 0 unspecified atom stereocenters. The van der Waals surface area contributed by atoms with Gasteiger partial charge in [-0.25, -0.2) is 9.97 Å². The number of pyridine rings is 1. The van der Waals surface area contributed by atoms with Crippen molar-refractivity contribution < 1.29 is 4.79 Å². The lowest BCUT2D eigenvalue weighted by Gasteiger charge is -2.01. The predicted octanol–water partition coefficient (Wildman–Crippen LogP) is 4.25. The fourth-order valence-corrected chi connectivity index (χ4v) is 4.01. The summed E-state index contributed by atoms with van der Waals surface area (Å²) in [7, 11) is 0. The molecule has 21 heavy (non-hydrogen) atoms. The van der Waals surface area contributed by atoms with E-state index in [1.807, 2.05) is 18.2 Å². The number of thiazole rings is 1. The second-order valence-electron chi connectivity index (χ2n) is 4.07. The largest absolute Gasteiger partial charge is 0.366 e. The van der Waals surface area contributed by atoms with Gasteiger partial charge in [-0.05, 0) is 36.0 Å². The van der Waals surface area contributed by atoms with E-state index in [2.05, 4.69) is 9.97 Å². The first-order valence-corrected chi connectivity index (χ1v) is 8.11. The van der Waals surface area contributed by atoms with Crippen LogP contribution in [0.1, 0.15) is 10.4 Å². The molecule has 8 heteroatoms. The Balaban J connectivity index is 1.93. The summed E-state index contributed by atoms with van der Waals surface area (Å²) in [6.07, 6.45) is 1.40. The number of hydrogen-bond acceptors (Lipinski definition) is 5. The maximum atomic E-state index is 11.1. The molecule has 0 aliphatic carbocycles. The van der Waals surface area contributed by atoms with Crippen LogP contribution in [0, 0.1) is 0 Å². The zero-order chi connectivity index (χ0) is 15.0. The molecule has 0 spiro atoms. The second-order valence-corrected chi connectivity index (χ2v) is 7.18. The number of carbonyl (C=O) groups is 1. The Morgan fingerprint density at radius 3 is 2.81 bits per heavy atom. The van der Waals surface area contributed by atoms with E-state index in [0.29, 0.717) is 15.1 Å². The molecular weight excluding hydrogens is 349 g/mol. The zero-order valence-electron chi connectivity index (χ0n) is 10.3. The molecule has 1 amide bonds. The van der Waals surface area contributed by atoms with Crippen LogP contribution in [0.2, 0.25) is 10.0 Å². The van der Waals surface area contributed by atoms with Crippen molar-refractivity contribution in [2.45, 2.75) is 9.37 Å². The van der Waals surface area contributed by atoms with Gasteiger partial charge >= 0.3 is 0 Å². The lowest BCUT2D eigenvalue weighted by molar-refractivity contribution is 0.1000. The quantitative estimate of drug-likeness (QED) is 0.762. The lowest BCUT2D eigenvalue weighted by atomic mass is 10.3. The zero-order valence-corrected chi connectivity index (χ0v) is 13.5. The van der Waals surface area contributed by atoms with Crippen molar-refractivity contribution in [1.82, 2.24) is 9.97 Å². The van der Waals surface area contributed by atoms with E-state index in [-0.39, 0.29) is 5.56 Å². The van der Waals surface area contributed by atoms with Crippen LogP contribution in [0.3, 0.4) is 0 Å². The third kappa shape index (κ3) is 3.13. The van der Waals surface area contributed by atoms with E-state index in [1.54, 1.807) is 0 Å². The van der Waals surface area contributed by atoms with E-state index in [9.17, 15) is 4.79 Å². The average molecular weight is 356 g/mol. The molecule has 2 aromatic heterocycles. The third-order valence-corrected chi connectivity index (χ3v) is 5.36. The fourth-order valence-electron chi connectivity index (χ4n) is 1.64. The summed E-state index contributed by atoms with van der Waals surface area (Å²) >= 11 is 14.9.